The highest BCUT2D eigenvalue weighted by atomic mass is 19.1. The SMILES string of the molecule is C=C(C)CN1C(=O)N[C@](CC)(C2CCN(C(=O)/C(F)=C/c3ccccc3)CC2)C1=O. The largest absolute Gasteiger partial charge is 0.337 e. The predicted octanol–water partition coefficient (Wildman–Crippen LogP) is 3.51. The molecule has 2 aliphatic rings. The van der Waals surface area contributed by atoms with Crippen LogP contribution in [-0.4, -0.2) is 52.8 Å². The Bertz CT molecular complexity index is 875. The molecule has 30 heavy (non-hydrogen) atoms. The van der Waals surface area contributed by atoms with E-state index in [0.717, 1.165) is 5.57 Å². The first-order chi connectivity index (χ1) is 14.3. The quantitative estimate of drug-likeness (QED) is 0.441. The Kier molecular flexibility index (Phi) is 6.39. The average molecular weight is 413 g/mol. The molecule has 4 amide bonds. The molecule has 1 atom stereocenters. The van der Waals surface area contributed by atoms with Gasteiger partial charge in [-0.05, 0) is 43.7 Å². The molecule has 0 aliphatic carbocycles. The topological polar surface area (TPSA) is 69.7 Å². The summed E-state index contributed by atoms with van der Waals surface area (Å²) in [5, 5.41) is 2.90. The lowest BCUT2D eigenvalue weighted by atomic mass is 9.75. The van der Waals surface area contributed by atoms with E-state index in [-0.39, 0.29) is 18.4 Å². The lowest BCUT2D eigenvalue weighted by Gasteiger charge is -2.40. The smallest absolute Gasteiger partial charge is 0.325 e. The number of benzene rings is 1. The van der Waals surface area contributed by atoms with Gasteiger partial charge in [0.25, 0.3) is 11.8 Å². The second kappa shape index (κ2) is 8.81. The lowest BCUT2D eigenvalue weighted by molar-refractivity contribution is -0.135. The number of carbonyl (C=O) groups excluding carboxylic acids is 3. The maximum Gasteiger partial charge on any atom is 0.325 e. The van der Waals surface area contributed by atoms with E-state index in [1.165, 1.54) is 15.9 Å². The molecule has 2 fully saturated rings. The van der Waals surface area contributed by atoms with Gasteiger partial charge in [-0.15, -0.1) is 0 Å². The van der Waals surface area contributed by atoms with Crippen LogP contribution in [-0.2, 0) is 9.59 Å². The number of halogens is 1. The van der Waals surface area contributed by atoms with Crippen molar-refractivity contribution in [1.82, 2.24) is 15.1 Å². The molecule has 2 aliphatic heterocycles. The van der Waals surface area contributed by atoms with Crippen LogP contribution in [0.25, 0.3) is 6.08 Å². The molecule has 1 aromatic rings. The van der Waals surface area contributed by atoms with Gasteiger partial charge >= 0.3 is 6.03 Å². The highest BCUT2D eigenvalue weighted by Crippen LogP contribution is 2.36. The molecule has 0 aromatic heterocycles. The van der Waals surface area contributed by atoms with Crippen molar-refractivity contribution in [1.29, 1.82) is 0 Å². The number of amides is 4. The van der Waals surface area contributed by atoms with Crippen LogP contribution in [0.5, 0.6) is 0 Å². The summed E-state index contributed by atoms with van der Waals surface area (Å²) in [7, 11) is 0. The number of nitrogens with zero attached hydrogens (tertiary/aromatic N) is 2. The molecule has 1 aromatic carbocycles. The second-order valence-corrected chi connectivity index (χ2v) is 8.07. The van der Waals surface area contributed by atoms with Crippen molar-refractivity contribution in [2.24, 2.45) is 5.92 Å². The molecule has 6 nitrogen and oxygen atoms in total. The fourth-order valence-electron chi connectivity index (χ4n) is 4.35. The number of likely N-dealkylation sites (tertiary alicyclic amines) is 1. The molecule has 7 heteroatoms. The minimum Gasteiger partial charge on any atom is -0.337 e. The van der Waals surface area contributed by atoms with Gasteiger partial charge in [0.1, 0.15) is 5.54 Å². The molecule has 1 N–H and O–H groups in total. The molecular weight excluding hydrogens is 385 g/mol. The van der Waals surface area contributed by atoms with Gasteiger partial charge < -0.3 is 10.2 Å². The number of piperidine rings is 1. The molecule has 0 radical (unpaired) electrons. The van der Waals surface area contributed by atoms with Crippen molar-refractivity contribution in [2.75, 3.05) is 19.6 Å². The van der Waals surface area contributed by atoms with Crippen LogP contribution in [0.15, 0.2) is 48.3 Å². The summed E-state index contributed by atoms with van der Waals surface area (Å²) in [6, 6.07) is 8.45. The standard InChI is InChI=1S/C23H28FN3O3/c1-4-23(21(29)27(15-16(2)3)22(30)25-23)18-10-12-26(13-11-18)20(28)19(24)14-17-8-6-5-7-9-17/h5-9,14,18H,2,4,10-13,15H2,1,3H3,(H,25,30)/b19-14-/t23-/m1/s1. The number of imide groups is 1. The Morgan fingerprint density at radius 2 is 1.90 bits per heavy atom. The van der Waals surface area contributed by atoms with Crippen LogP contribution in [0, 0.1) is 5.92 Å². The van der Waals surface area contributed by atoms with Gasteiger partial charge in [-0.2, -0.15) is 0 Å². The molecule has 2 saturated heterocycles. The fraction of sp³-hybridized carbons (Fsp3) is 0.435. The van der Waals surface area contributed by atoms with Crippen LogP contribution in [0.4, 0.5) is 9.18 Å². The summed E-state index contributed by atoms with van der Waals surface area (Å²) in [6.45, 7) is 8.31. The number of hydrogen-bond donors (Lipinski definition) is 1. The Hall–Kier alpha value is -2.96. The van der Waals surface area contributed by atoms with Crippen LogP contribution >= 0.6 is 0 Å². The maximum atomic E-state index is 14.4. The molecule has 0 unspecified atom stereocenters. The second-order valence-electron chi connectivity index (χ2n) is 8.07. The Labute approximate surface area is 176 Å². The van der Waals surface area contributed by atoms with Crippen molar-refractivity contribution in [2.45, 2.75) is 38.6 Å². The zero-order chi connectivity index (χ0) is 21.9. The first kappa shape index (κ1) is 21.7. The summed E-state index contributed by atoms with van der Waals surface area (Å²) in [6.07, 6.45) is 2.74. The monoisotopic (exact) mass is 413 g/mol. The minimum atomic E-state index is -0.972. The van der Waals surface area contributed by atoms with E-state index >= 15 is 0 Å². The zero-order valence-corrected chi connectivity index (χ0v) is 17.5. The fourth-order valence-corrected chi connectivity index (χ4v) is 4.35. The maximum absolute atomic E-state index is 14.4. The third-order valence-corrected chi connectivity index (χ3v) is 5.96. The molecule has 3 rings (SSSR count). The van der Waals surface area contributed by atoms with Crippen molar-refractivity contribution >= 4 is 23.9 Å². The van der Waals surface area contributed by atoms with Gasteiger partial charge in [-0.3, -0.25) is 14.5 Å². The van der Waals surface area contributed by atoms with E-state index in [4.69, 9.17) is 0 Å². The average Bonchev–Trinajstić information content (AvgIpc) is 2.98. The number of carbonyl (C=O) groups is 3. The zero-order valence-electron chi connectivity index (χ0n) is 17.5. The molecule has 0 saturated carbocycles. The van der Waals surface area contributed by atoms with Gasteiger partial charge in [-0.1, -0.05) is 49.4 Å². The normalized spacial score (nSPS) is 23.0. The summed E-state index contributed by atoms with van der Waals surface area (Å²) in [5.74, 6) is -1.80. The van der Waals surface area contributed by atoms with Gasteiger partial charge in [0.15, 0.2) is 5.83 Å². The third kappa shape index (κ3) is 4.15. The molecule has 160 valence electrons. The molecule has 0 spiro atoms. The van der Waals surface area contributed by atoms with E-state index in [1.807, 2.05) is 13.0 Å². The Morgan fingerprint density at radius 3 is 2.47 bits per heavy atom. The van der Waals surface area contributed by atoms with Gasteiger partial charge in [0.05, 0.1) is 6.54 Å². The van der Waals surface area contributed by atoms with Crippen LogP contribution in [0.2, 0.25) is 0 Å². The first-order valence-electron chi connectivity index (χ1n) is 10.3. The highest BCUT2D eigenvalue weighted by Gasteiger charge is 2.54. The first-order valence-corrected chi connectivity index (χ1v) is 10.3. The summed E-state index contributed by atoms with van der Waals surface area (Å²) < 4.78 is 14.4. The Morgan fingerprint density at radius 1 is 1.27 bits per heavy atom. The number of hydrogen-bond acceptors (Lipinski definition) is 3. The van der Waals surface area contributed by atoms with E-state index in [0.29, 0.717) is 37.9 Å². The van der Waals surface area contributed by atoms with E-state index in [9.17, 15) is 18.8 Å². The van der Waals surface area contributed by atoms with Gasteiger partial charge in [0, 0.05) is 13.1 Å². The minimum absolute atomic E-state index is 0.112. The summed E-state index contributed by atoms with van der Waals surface area (Å²) in [5.41, 5.74) is 0.381. The number of rotatable bonds is 6. The van der Waals surface area contributed by atoms with E-state index in [1.54, 1.807) is 31.2 Å². The van der Waals surface area contributed by atoms with Crippen LogP contribution in [0.1, 0.15) is 38.7 Å². The predicted molar refractivity (Wildman–Crippen MR) is 113 cm³/mol. The van der Waals surface area contributed by atoms with Gasteiger partial charge in [0.2, 0.25) is 0 Å². The van der Waals surface area contributed by atoms with Crippen molar-refractivity contribution < 1.29 is 18.8 Å². The molecular formula is C23H28FN3O3. The van der Waals surface area contributed by atoms with E-state index in [2.05, 4.69) is 11.9 Å². The van der Waals surface area contributed by atoms with E-state index < -0.39 is 23.3 Å². The molecule has 2 heterocycles. The number of urea groups is 1. The van der Waals surface area contributed by atoms with Gasteiger partial charge in [-0.25, -0.2) is 9.18 Å². The van der Waals surface area contributed by atoms with Crippen molar-refractivity contribution in [3.8, 4) is 0 Å². The van der Waals surface area contributed by atoms with Crippen molar-refractivity contribution in [3.05, 3.63) is 53.9 Å². The summed E-state index contributed by atoms with van der Waals surface area (Å²) >= 11 is 0. The summed E-state index contributed by atoms with van der Waals surface area (Å²) in [4.78, 5) is 40.7. The van der Waals surface area contributed by atoms with Crippen LogP contribution < -0.4 is 5.32 Å². The van der Waals surface area contributed by atoms with Crippen molar-refractivity contribution in [3.63, 3.8) is 0 Å². The molecule has 0 bridgehead atoms. The number of nitrogens with one attached hydrogen (secondary N) is 1. The lowest BCUT2D eigenvalue weighted by Crippen LogP contribution is -2.56. The Balaban J connectivity index is 1.67. The highest BCUT2D eigenvalue weighted by molar-refractivity contribution is 6.07. The van der Waals surface area contributed by atoms with Crippen LogP contribution in [0.3, 0.4) is 0 Å². The third-order valence-electron chi connectivity index (χ3n) is 5.96.